The number of nitrogens with zero attached hydrogens (tertiary/aromatic N) is 2. The third-order valence-electron chi connectivity index (χ3n) is 13.5. The largest absolute Gasteiger partial charge is 0.477 e. The monoisotopic (exact) mass is 859 g/mol. The van der Waals surface area contributed by atoms with Crippen molar-refractivity contribution >= 4 is 44.4 Å². The molecular formula is C44H56F3N3O9S. The Hall–Kier alpha value is -4.21. The van der Waals surface area contributed by atoms with Crippen molar-refractivity contribution < 1.29 is 55.0 Å². The molecule has 3 aliphatic heterocycles. The molecule has 16 heteroatoms. The minimum absolute atomic E-state index is 0.0111. The minimum Gasteiger partial charge on any atom is -0.477 e. The summed E-state index contributed by atoms with van der Waals surface area (Å²) in [5.41, 5.74) is -2.61. The van der Waals surface area contributed by atoms with Crippen molar-refractivity contribution in [3.63, 3.8) is 0 Å². The molecule has 7 rings (SSSR count). The van der Waals surface area contributed by atoms with E-state index in [2.05, 4.69) is 4.72 Å². The SMILES string of the molecule is CC[C@@H]1C[C@@H](C)CC/C=C\[C@@H]2C[C@@]2(C(=O)NS(=O)(=O)C2(CF)CC2)CC(=O)[C@@H]2C[C@@H](Oc3nc4c(c5ccccc35)CCCO4)CN2C(=O)[C@H]1CC(=O)OC(C)(C)C(F)F. The summed E-state index contributed by atoms with van der Waals surface area (Å²) < 4.78 is 86.4. The zero-order valence-electron chi connectivity index (χ0n) is 34.7. The fourth-order valence-corrected chi connectivity index (χ4v) is 10.8. The molecule has 4 heterocycles. The van der Waals surface area contributed by atoms with E-state index in [-0.39, 0.29) is 49.9 Å². The number of sulfonamides is 1. The molecule has 0 spiro atoms. The number of ketones is 1. The number of carbonyl (C=O) groups is 4. The van der Waals surface area contributed by atoms with E-state index in [0.717, 1.165) is 43.0 Å². The van der Waals surface area contributed by atoms with Gasteiger partial charge in [0.25, 0.3) is 6.43 Å². The standard InChI is InChI=1S/C44H56F3N3O9S/c1-5-27-19-26(2)11-6-7-12-28-22-44(28,41(54)49-60(55,56)43(25-45)16-17-43)23-35(51)34-20-29(24-50(34)39(53)33(27)21-36(52)59-42(3,4)40(46)47)58-38-32-14-9-8-13-30(32)31-15-10-18-57-37(31)48-38/h7-9,12-14,26-29,33-34,40H,5-6,10-11,15-25H2,1-4H3,(H,49,54)/b12-7-/t26-,27+,28+,29+,33-,34-,44+/m0/s1. The number of allylic oxidation sites excluding steroid dienone is 2. The molecule has 5 aliphatic rings. The highest BCUT2D eigenvalue weighted by molar-refractivity contribution is 7.91. The van der Waals surface area contributed by atoms with Crippen LogP contribution in [0.5, 0.6) is 11.8 Å². The van der Waals surface area contributed by atoms with Crippen molar-refractivity contribution in [2.75, 3.05) is 19.8 Å². The average molecular weight is 860 g/mol. The van der Waals surface area contributed by atoms with Crippen LogP contribution >= 0.6 is 0 Å². The van der Waals surface area contributed by atoms with Crippen molar-refractivity contribution in [1.82, 2.24) is 14.6 Å². The number of Topliss-reactive ketones (excluding diaryl/α,β-unsaturated/α-hetero) is 1. The Morgan fingerprint density at radius 2 is 1.87 bits per heavy atom. The third-order valence-corrected chi connectivity index (χ3v) is 15.6. The summed E-state index contributed by atoms with van der Waals surface area (Å²) in [5.74, 6) is -4.07. The molecule has 12 nitrogen and oxygen atoms in total. The lowest BCUT2D eigenvalue weighted by molar-refractivity contribution is -0.174. The van der Waals surface area contributed by atoms with Crippen LogP contribution in [0.25, 0.3) is 10.8 Å². The van der Waals surface area contributed by atoms with Crippen LogP contribution in [0, 0.1) is 29.1 Å². The van der Waals surface area contributed by atoms with Crippen LogP contribution in [0.15, 0.2) is 36.4 Å². The van der Waals surface area contributed by atoms with Gasteiger partial charge in [-0.05, 0) is 94.4 Å². The maximum atomic E-state index is 15.1. The van der Waals surface area contributed by atoms with E-state index in [0.29, 0.717) is 38.2 Å². The highest BCUT2D eigenvalue weighted by Crippen LogP contribution is 2.58. The molecular weight excluding hydrogens is 804 g/mol. The number of benzene rings is 1. The zero-order valence-corrected chi connectivity index (χ0v) is 35.5. The van der Waals surface area contributed by atoms with E-state index in [1.807, 2.05) is 50.3 Å². The molecule has 328 valence electrons. The maximum Gasteiger partial charge on any atom is 0.307 e. The van der Waals surface area contributed by atoms with Gasteiger partial charge in [-0.1, -0.05) is 50.6 Å². The van der Waals surface area contributed by atoms with Gasteiger partial charge in [-0.3, -0.25) is 23.9 Å². The summed E-state index contributed by atoms with van der Waals surface area (Å²) in [7, 11) is -4.39. The fraction of sp³-hybridized carbons (Fsp3) is 0.659. The molecule has 60 heavy (non-hydrogen) atoms. The topological polar surface area (TPSA) is 158 Å². The predicted octanol–water partition coefficient (Wildman–Crippen LogP) is 6.82. The molecule has 7 atom stereocenters. The van der Waals surface area contributed by atoms with E-state index >= 15 is 4.79 Å². The Balaban J connectivity index is 1.25. The number of aromatic nitrogens is 1. The van der Waals surface area contributed by atoms with Crippen LogP contribution in [0.4, 0.5) is 13.2 Å². The van der Waals surface area contributed by atoms with Gasteiger partial charge in [0.15, 0.2) is 11.4 Å². The molecule has 1 aromatic heterocycles. The molecule has 0 bridgehead atoms. The first-order chi connectivity index (χ1) is 28.4. The number of pyridine rings is 1. The van der Waals surface area contributed by atoms with Crippen molar-refractivity contribution in [1.29, 1.82) is 0 Å². The Morgan fingerprint density at radius 1 is 1.13 bits per heavy atom. The number of nitrogens with one attached hydrogen (secondary N) is 1. The number of ether oxygens (including phenoxy) is 3. The van der Waals surface area contributed by atoms with Gasteiger partial charge in [0, 0.05) is 23.8 Å². The molecule has 2 aromatic rings. The molecule has 2 amide bonds. The van der Waals surface area contributed by atoms with Crippen molar-refractivity contribution in [3.05, 3.63) is 42.0 Å². The number of fused-ring (bicyclic) bond motifs is 5. The number of amides is 2. The summed E-state index contributed by atoms with van der Waals surface area (Å²) in [6.07, 6.45) is 3.26. The molecule has 1 saturated heterocycles. The minimum atomic E-state index is -4.39. The van der Waals surface area contributed by atoms with E-state index in [4.69, 9.17) is 19.2 Å². The van der Waals surface area contributed by atoms with E-state index in [1.54, 1.807) is 0 Å². The number of esters is 1. The molecule has 1 aromatic carbocycles. The van der Waals surface area contributed by atoms with Gasteiger partial charge < -0.3 is 19.1 Å². The zero-order chi connectivity index (χ0) is 43.2. The Labute approximate surface area is 349 Å². The quantitative estimate of drug-likeness (QED) is 0.188. The lowest BCUT2D eigenvalue weighted by Gasteiger charge is -2.34. The summed E-state index contributed by atoms with van der Waals surface area (Å²) in [6.45, 7) is 5.37. The van der Waals surface area contributed by atoms with Gasteiger partial charge in [-0.25, -0.2) is 21.6 Å². The van der Waals surface area contributed by atoms with Crippen LogP contribution in [0.3, 0.4) is 0 Å². The third kappa shape index (κ3) is 8.63. The van der Waals surface area contributed by atoms with E-state index in [1.165, 1.54) is 4.90 Å². The predicted molar refractivity (Wildman–Crippen MR) is 215 cm³/mol. The number of hydrogen-bond acceptors (Lipinski definition) is 10. The summed E-state index contributed by atoms with van der Waals surface area (Å²) in [5, 5.41) is 1.62. The first kappa shape index (κ1) is 43.9. The molecule has 0 unspecified atom stereocenters. The second-order valence-electron chi connectivity index (χ2n) is 18.2. The first-order valence-corrected chi connectivity index (χ1v) is 22.8. The molecule has 2 aliphatic carbocycles. The Morgan fingerprint density at radius 3 is 2.55 bits per heavy atom. The van der Waals surface area contributed by atoms with Gasteiger partial charge in [-0.2, -0.15) is 4.98 Å². The van der Waals surface area contributed by atoms with E-state index in [9.17, 15) is 36.0 Å². The van der Waals surface area contributed by atoms with Gasteiger partial charge in [0.2, 0.25) is 33.6 Å². The average Bonchev–Trinajstić information content (AvgIpc) is 4.12. The van der Waals surface area contributed by atoms with Gasteiger partial charge in [0.1, 0.15) is 17.5 Å². The molecule has 0 radical (unpaired) electrons. The lowest BCUT2D eigenvalue weighted by Crippen LogP contribution is -2.48. The summed E-state index contributed by atoms with van der Waals surface area (Å²) >= 11 is 0. The number of carbonyl (C=O) groups excluding carboxylic acids is 4. The van der Waals surface area contributed by atoms with Crippen molar-refractivity contribution in [2.45, 2.75) is 134 Å². The molecule has 1 N–H and O–H groups in total. The van der Waals surface area contributed by atoms with Crippen LogP contribution in [-0.4, -0.2) is 90.6 Å². The van der Waals surface area contributed by atoms with Crippen LogP contribution in [0.2, 0.25) is 0 Å². The maximum absolute atomic E-state index is 15.1. The highest BCUT2D eigenvalue weighted by atomic mass is 32.2. The smallest absolute Gasteiger partial charge is 0.307 e. The second-order valence-corrected chi connectivity index (χ2v) is 20.3. The Bertz CT molecular complexity index is 2140. The fourth-order valence-electron chi connectivity index (χ4n) is 9.35. The van der Waals surface area contributed by atoms with Crippen molar-refractivity contribution in [2.24, 2.45) is 29.1 Å². The number of aryl methyl sites for hydroxylation is 1. The van der Waals surface area contributed by atoms with Crippen LogP contribution < -0.4 is 14.2 Å². The lowest BCUT2D eigenvalue weighted by atomic mass is 9.79. The first-order valence-electron chi connectivity index (χ1n) is 21.3. The van der Waals surface area contributed by atoms with Gasteiger partial charge in [0.05, 0.1) is 36.9 Å². The molecule has 2 saturated carbocycles. The molecule has 3 fully saturated rings. The van der Waals surface area contributed by atoms with E-state index < -0.39 is 99.3 Å². The summed E-state index contributed by atoms with van der Waals surface area (Å²) in [6, 6.07) is 6.43. The second kappa shape index (κ2) is 16.9. The number of halogens is 3. The normalized spacial score (nSPS) is 29.9. The number of alkyl halides is 3. The van der Waals surface area contributed by atoms with Gasteiger partial charge in [-0.15, -0.1) is 0 Å². The number of rotatable bonds is 11. The van der Waals surface area contributed by atoms with Crippen LogP contribution in [0.1, 0.15) is 104 Å². The highest BCUT2D eigenvalue weighted by Gasteiger charge is 2.63. The Kier molecular flexibility index (Phi) is 12.4. The van der Waals surface area contributed by atoms with Crippen LogP contribution in [-0.2, 0) is 40.4 Å². The van der Waals surface area contributed by atoms with Crippen molar-refractivity contribution in [3.8, 4) is 11.8 Å². The van der Waals surface area contributed by atoms with Gasteiger partial charge >= 0.3 is 5.97 Å². The number of hydrogen-bond donors (Lipinski definition) is 1. The summed E-state index contributed by atoms with van der Waals surface area (Å²) in [4.78, 5) is 63.5.